The van der Waals surface area contributed by atoms with Gasteiger partial charge in [0.1, 0.15) is 6.61 Å². The summed E-state index contributed by atoms with van der Waals surface area (Å²) in [6, 6.07) is 0. The highest BCUT2D eigenvalue weighted by Gasteiger charge is 2.16. The molecule has 0 heterocycles. The Labute approximate surface area is 442 Å². The van der Waals surface area contributed by atoms with Crippen LogP contribution in [0, 0.1) is 0 Å². The number of rotatable bonds is 49. The summed E-state index contributed by atoms with van der Waals surface area (Å²) >= 11 is 0. The second-order valence-corrected chi connectivity index (χ2v) is 17.9. The van der Waals surface area contributed by atoms with Gasteiger partial charge in [-0.3, -0.25) is 9.59 Å². The monoisotopic (exact) mass is 987 g/mol. The van der Waals surface area contributed by atoms with E-state index in [9.17, 15) is 14.7 Å². The number of ether oxygens (including phenoxy) is 2. The third-order valence-corrected chi connectivity index (χ3v) is 11.2. The van der Waals surface area contributed by atoms with Gasteiger partial charge in [-0.15, -0.1) is 0 Å². The third-order valence-electron chi connectivity index (χ3n) is 11.2. The van der Waals surface area contributed by atoms with Crippen LogP contribution in [0.5, 0.6) is 0 Å². The first-order chi connectivity index (χ1) is 35.6. The highest BCUT2D eigenvalue weighted by Crippen LogP contribution is 2.13. The van der Waals surface area contributed by atoms with Crippen molar-refractivity contribution in [3.05, 3.63) is 182 Å². The van der Waals surface area contributed by atoms with Crippen molar-refractivity contribution in [2.24, 2.45) is 0 Å². The predicted molar refractivity (Wildman–Crippen MR) is 315 cm³/mol. The van der Waals surface area contributed by atoms with Gasteiger partial charge in [-0.25, -0.2) is 0 Å². The summed E-state index contributed by atoms with van der Waals surface area (Å²) in [5.74, 6) is -0.664. The van der Waals surface area contributed by atoms with Gasteiger partial charge in [0.2, 0.25) is 0 Å². The molecule has 400 valence electrons. The van der Waals surface area contributed by atoms with Crippen LogP contribution in [0.25, 0.3) is 0 Å². The Hall–Kier alpha value is -5.00. The van der Waals surface area contributed by atoms with E-state index in [1.165, 1.54) is 38.5 Å². The Bertz CT molecular complexity index is 1680. The van der Waals surface area contributed by atoms with Gasteiger partial charge in [0, 0.05) is 12.8 Å². The van der Waals surface area contributed by atoms with E-state index in [2.05, 4.69) is 196 Å². The van der Waals surface area contributed by atoms with E-state index in [1.54, 1.807) is 0 Å². The van der Waals surface area contributed by atoms with Crippen molar-refractivity contribution in [1.82, 2.24) is 0 Å². The van der Waals surface area contributed by atoms with Crippen molar-refractivity contribution in [2.75, 3.05) is 13.2 Å². The number of aliphatic hydroxyl groups is 1. The number of allylic oxidation sites excluding steroid dienone is 30. The summed E-state index contributed by atoms with van der Waals surface area (Å²) in [6.07, 6.45) is 95.7. The maximum Gasteiger partial charge on any atom is 0.306 e. The van der Waals surface area contributed by atoms with Crippen LogP contribution in [0.3, 0.4) is 0 Å². The van der Waals surface area contributed by atoms with Gasteiger partial charge in [-0.1, -0.05) is 241 Å². The molecule has 0 aliphatic heterocycles. The van der Waals surface area contributed by atoms with Crippen LogP contribution in [0.15, 0.2) is 182 Å². The zero-order valence-electron chi connectivity index (χ0n) is 45.6. The molecule has 0 saturated carbocycles. The lowest BCUT2D eigenvalue weighted by molar-refractivity contribution is -0.161. The average molecular weight is 988 g/mol. The standard InChI is InChI=1S/C67H102O5/c1-3-5-7-9-11-13-15-17-19-21-23-25-26-27-28-29-30-31-32-33-34-35-36-37-38-39-40-42-44-46-48-50-52-54-56-58-60-62-67(70)72-65(63-68)64-71-66(69)61-59-57-55-53-51-49-47-45-43-41-24-22-20-18-16-14-12-10-8-6-4-2/h5-8,11-14,17-20,23-25,27-28,30-31,33-34,36-37,39-41,45,47,51,53,65,68H,3-4,9-10,15-16,21-22,26,29,32,35,38,42-44,46,48-50,52,54-64H2,1-2H3/b7-5-,8-6-,13-11-,14-12-,19-17-,20-18-,25-23-,28-27-,31-30-,34-33-,37-36-,40-39-,41-24-,47-45-,53-51-. The Morgan fingerprint density at radius 3 is 0.861 bits per heavy atom. The molecule has 0 amide bonds. The molecule has 0 aromatic rings. The maximum absolute atomic E-state index is 12.3. The Morgan fingerprint density at radius 1 is 0.319 bits per heavy atom. The van der Waals surface area contributed by atoms with E-state index in [-0.39, 0.29) is 25.2 Å². The predicted octanol–water partition coefficient (Wildman–Crippen LogP) is 19.5. The SMILES string of the molecule is CC/C=C\C/C=C\C/C=C\C/C=C\C/C=C\C/C=C\C/C=C\C/C=C\C/C=C\CCCCCCCCCCCC(=O)OC(CO)COC(=O)CCCC/C=C\C/C=C\C/C=C\C/C=C\C/C=C\C/C=C\CC. The molecule has 5 nitrogen and oxygen atoms in total. The van der Waals surface area contributed by atoms with Gasteiger partial charge >= 0.3 is 11.9 Å². The number of carbonyl (C=O) groups is 2. The summed E-state index contributed by atoms with van der Waals surface area (Å²) in [7, 11) is 0. The van der Waals surface area contributed by atoms with Crippen LogP contribution in [-0.4, -0.2) is 36.4 Å². The molecule has 72 heavy (non-hydrogen) atoms. The number of esters is 2. The van der Waals surface area contributed by atoms with Gasteiger partial charge in [0.15, 0.2) is 6.10 Å². The molecule has 0 bridgehead atoms. The van der Waals surface area contributed by atoms with Crippen molar-refractivity contribution in [3.8, 4) is 0 Å². The van der Waals surface area contributed by atoms with Gasteiger partial charge in [-0.05, 0) is 135 Å². The molecule has 1 unspecified atom stereocenters. The van der Waals surface area contributed by atoms with Crippen LogP contribution >= 0.6 is 0 Å². The molecule has 0 aromatic carbocycles. The van der Waals surface area contributed by atoms with E-state index in [0.717, 1.165) is 141 Å². The van der Waals surface area contributed by atoms with Crippen LogP contribution in [-0.2, 0) is 19.1 Å². The summed E-state index contributed by atoms with van der Waals surface area (Å²) < 4.78 is 10.7. The Kier molecular flexibility index (Phi) is 56.1. The molecule has 0 saturated heterocycles. The quantitative estimate of drug-likeness (QED) is 0.0374. The maximum atomic E-state index is 12.3. The second kappa shape index (κ2) is 60.3. The molecule has 0 radical (unpaired) electrons. The van der Waals surface area contributed by atoms with E-state index in [4.69, 9.17) is 9.47 Å². The highest BCUT2D eigenvalue weighted by molar-refractivity contribution is 5.70. The van der Waals surface area contributed by atoms with E-state index in [1.807, 2.05) is 0 Å². The molecular formula is C67H102O5. The van der Waals surface area contributed by atoms with Crippen molar-refractivity contribution in [1.29, 1.82) is 0 Å². The first kappa shape index (κ1) is 67.0. The number of unbranched alkanes of at least 4 members (excludes halogenated alkanes) is 11. The largest absolute Gasteiger partial charge is 0.462 e. The molecule has 0 rings (SSSR count). The van der Waals surface area contributed by atoms with Crippen molar-refractivity contribution in [2.45, 2.75) is 213 Å². The molecule has 5 heteroatoms. The fraction of sp³-hybridized carbons (Fsp3) is 0.522. The fourth-order valence-electron chi connectivity index (χ4n) is 7.02. The average Bonchev–Trinajstić information content (AvgIpc) is 3.38. The minimum absolute atomic E-state index is 0.104. The smallest absolute Gasteiger partial charge is 0.306 e. The van der Waals surface area contributed by atoms with Crippen molar-refractivity contribution < 1.29 is 24.2 Å². The highest BCUT2D eigenvalue weighted by atomic mass is 16.6. The number of carbonyl (C=O) groups excluding carboxylic acids is 2. The molecule has 1 N–H and O–H groups in total. The topological polar surface area (TPSA) is 72.8 Å². The summed E-state index contributed by atoms with van der Waals surface area (Å²) in [5.41, 5.74) is 0. The summed E-state index contributed by atoms with van der Waals surface area (Å²) in [4.78, 5) is 24.5. The second-order valence-electron chi connectivity index (χ2n) is 17.9. The van der Waals surface area contributed by atoms with Crippen molar-refractivity contribution in [3.63, 3.8) is 0 Å². The summed E-state index contributed by atoms with van der Waals surface area (Å²) in [6.45, 7) is 3.85. The van der Waals surface area contributed by atoms with E-state index in [0.29, 0.717) is 12.8 Å². The molecule has 0 aliphatic carbocycles. The van der Waals surface area contributed by atoms with E-state index < -0.39 is 6.10 Å². The fourth-order valence-corrected chi connectivity index (χ4v) is 7.02. The molecule has 1 atom stereocenters. The molecule has 0 aromatic heterocycles. The number of hydrogen-bond acceptors (Lipinski definition) is 5. The zero-order chi connectivity index (χ0) is 52.0. The van der Waals surface area contributed by atoms with Gasteiger partial charge in [0.25, 0.3) is 0 Å². The van der Waals surface area contributed by atoms with Crippen LogP contribution in [0.4, 0.5) is 0 Å². The number of hydrogen-bond donors (Lipinski definition) is 1. The molecule has 0 spiro atoms. The first-order valence-electron chi connectivity index (χ1n) is 28.3. The summed E-state index contributed by atoms with van der Waals surface area (Å²) in [5, 5.41) is 9.64. The van der Waals surface area contributed by atoms with Crippen LogP contribution in [0.2, 0.25) is 0 Å². The normalized spacial score (nSPS) is 13.7. The third kappa shape index (κ3) is 57.6. The molecule has 0 fully saturated rings. The van der Waals surface area contributed by atoms with Gasteiger partial charge in [-0.2, -0.15) is 0 Å². The van der Waals surface area contributed by atoms with Crippen LogP contribution in [0.1, 0.15) is 206 Å². The van der Waals surface area contributed by atoms with Crippen molar-refractivity contribution >= 4 is 11.9 Å². The Balaban J connectivity index is 3.66. The van der Waals surface area contributed by atoms with Crippen LogP contribution < -0.4 is 0 Å². The Morgan fingerprint density at radius 2 is 0.556 bits per heavy atom. The van der Waals surface area contributed by atoms with Gasteiger partial charge < -0.3 is 14.6 Å². The lowest BCUT2D eigenvalue weighted by Crippen LogP contribution is -2.28. The first-order valence-corrected chi connectivity index (χ1v) is 28.3. The minimum Gasteiger partial charge on any atom is -0.462 e. The van der Waals surface area contributed by atoms with E-state index >= 15 is 0 Å². The number of aliphatic hydroxyl groups excluding tert-OH is 1. The lowest BCUT2D eigenvalue weighted by atomic mass is 10.1. The lowest BCUT2D eigenvalue weighted by Gasteiger charge is -2.15. The minimum atomic E-state index is -0.809. The molecule has 0 aliphatic rings. The zero-order valence-corrected chi connectivity index (χ0v) is 45.6. The molecular weight excluding hydrogens is 885 g/mol. The van der Waals surface area contributed by atoms with Gasteiger partial charge in [0.05, 0.1) is 6.61 Å².